The summed E-state index contributed by atoms with van der Waals surface area (Å²) in [5.74, 6) is -0.188. The maximum absolute atomic E-state index is 13.8. The number of nitrogens with two attached hydrogens (primary N) is 1. The molecule has 0 aliphatic heterocycles. The van der Waals surface area contributed by atoms with Gasteiger partial charge in [0.2, 0.25) is 0 Å². The van der Waals surface area contributed by atoms with E-state index in [0.717, 1.165) is 0 Å². The van der Waals surface area contributed by atoms with Crippen LogP contribution in [0.1, 0.15) is 16.2 Å². The highest BCUT2D eigenvalue weighted by Crippen LogP contribution is 2.26. The van der Waals surface area contributed by atoms with E-state index in [1.54, 1.807) is 13.0 Å². The summed E-state index contributed by atoms with van der Waals surface area (Å²) < 4.78 is 18.7. The van der Waals surface area contributed by atoms with Gasteiger partial charge in [-0.25, -0.2) is 4.39 Å². The number of amides is 1. The molecule has 0 saturated heterocycles. The van der Waals surface area contributed by atoms with Crippen molar-refractivity contribution in [2.24, 2.45) is 0 Å². The second-order valence-electron chi connectivity index (χ2n) is 4.50. The molecular weight excluding hydrogens is 275 g/mol. The van der Waals surface area contributed by atoms with Crippen LogP contribution in [0.3, 0.4) is 0 Å². The van der Waals surface area contributed by atoms with E-state index >= 15 is 0 Å². The molecule has 21 heavy (non-hydrogen) atoms. The summed E-state index contributed by atoms with van der Waals surface area (Å²) in [4.78, 5) is 16.3. The maximum atomic E-state index is 13.8. The van der Waals surface area contributed by atoms with Crippen LogP contribution < -0.4 is 11.1 Å². The zero-order chi connectivity index (χ0) is 15.0. The lowest BCUT2D eigenvalue weighted by Gasteiger charge is -2.08. The van der Waals surface area contributed by atoms with Crippen molar-refractivity contribution < 1.29 is 13.7 Å². The molecule has 3 aromatic rings. The van der Waals surface area contributed by atoms with Crippen molar-refractivity contribution in [3.05, 3.63) is 47.7 Å². The van der Waals surface area contributed by atoms with E-state index in [1.165, 1.54) is 24.4 Å². The lowest BCUT2D eigenvalue weighted by Crippen LogP contribution is -2.15. The van der Waals surface area contributed by atoms with Gasteiger partial charge in [-0.05, 0) is 25.1 Å². The summed E-state index contributed by atoms with van der Waals surface area (Å²) in [5.41, 5.74) is 6.15. The second-order valence-corrected chi connectivity index (χ2v) is 4.50. The number of anilines is 2. The molecule has 3 N–H and O–H groups in total. The van der Waals surface area contributed by atoms with Crippen molar-refractivity contribution in [2.45, 2.75) is 6.92 Å². The summed E-state index contributed by atoms with van der Waals surface area (Å²) >= 11 is 0. The largest absolute Gasteiger partial charge is 0.398 e. The summed E-state index contributed by atoms with van der Waals surface area (Å²) in [6, 6.07) is 5.68. The molecular formula is C14H11FN4O2. The normalized spacial score (nSPS) is 10.8. The van der Waals surface area contributed by atoms with Crippen LogP contribution in [0.2, 0.25) is 0 Å². The molecule has 3 rings (SSSR count). The lowest BCUT2D eigenvalue weighted by molar-refractivity contribution is 0.102. The van der Waals surface area contributed by atoms with Gasteiger partial charge >= 0.3 is 0 Å². The highest BCUT2D eigenvalue weighted by Gasteiger charge is 2.17. The summed E-state index contributed by atoms with van der Waals surface area (Å²) in [5, 5.41) is 6.71. The number of nitrogens with one attached hydrogen (secondary N) is 1. The first-order valence-corrected chi connectivity index (χ1v) is 6.13. The second kappa shape index (κ2) is 4.86. The molecule has 2 heterocycles. The smallest absolute Gasteiger partial charge is 0.276 e. The van der Waals surface area contributed by atoms with Crippen LogP contribution in [0, 0.1) is 12.7 Å². The topological polar surface area (TPSA) is 94.0 Å². The zero-order valence-corrected chi connectivity index (χ0v) is 11.1. The Hall–Kier alpha value is -2.96. The number of hydrogen-bond acceptors (Lipinski definition) is 5. The van der Waals surface area contributed by atoms with Gasteiger partial charge in [0.1, 0.15) is 17.3 Å². The predicted octanol–water partition coefficient (Wildman–Crippen LogP) is 2.50. The molecule has 0 radical (unpaired) electrons. The van der Waals surface area contributed by atoms with Crippen molar-refractivity contribution in [3.8, 4) is 0 Å². The average molecular weight is 286 g/mol. The number of hydrogen-bond donors (Lipinski definition) is 2. The number of carbonyl (C=O) groups excluding carboxylic acids is 1. The number of benzene rings is 1. The Morgan fingerprint density at radius 1 is 1.38 bits per heavy atom. The highest BCUT2D eigenvalue weighted by atomic mass is 19.1. The fourth-order valence-corrected chi connectivity index (χ4v) is 2.06. The third-order valence-corrected chi connectivity index (χ3v) is 2.99. The minimum Gasteiger partial charge on any atom is -0.398 e. The maximum Gasteiger partial charge on any atom is 0.276 e. The van der Waals surface area contributed by atoms with Crippen LogP contribution in [0.5, 0.6) is 0 Å². The summed E-state index contributed by atoms with van der Waals surface area (Å²) in [6.45, 7) is 1.70. The van der Waals surface area contributed by atoms with Crippen molar-refractivity contribution >= 4 is 28.2 Å². The molecule has 0 saturated carbocycles. The van der Waals surface area contributed by atoms with E-state index in [2.05, 4.69) is 15.5 Å². The molecule has 7 heteroatoms. The van der Waals surface area contributed by atoms with Crippen molar-refractivity contribution in [3.63, 3.8) is 0 Å². The monoisotopic (exact) mass is 286 g/mol. The molecule has 0 aliphatic rings. The van der Waals surface area contributed by atoms with Crippen molar-refractivity contribution in [1.29, 1.82) is 0 Å². The van der Waals surface area contributed by atoms with Gasteiger partial charge in [-0.1, -0.05) is 5.16 Å². The molecule has 0 aliphatic carbocycles. The third-order valence-electron chi connectivity index (χ3n) is 2.99. The lowest BCUT2D eigenvalue weighted by atomic mass is 10.1. The Bertz CT molecular complexity index is 844. The van der Waals surface area contributed by atoms with Crippen LogP contribution in [0.25, 0.3) is 10.8 Å². The van der Waals surface area contributed by atoms with Gasteiger partial charge in [0.15, 0.2) is 5.82 Å². The van der Waals surface area contributed by atoms with Crippen LogP contribution >= 0.6 is 0 Å². The number of pyridine rings is 1. The molecule has 0 fully saturated rings. The first kappa shape index (κ1) is 13.0. The van der Waals surface area contributed by atoms with Crippen molar-refractivity contribution in [1.82, 2.24) is 10.1 Å². The Labute approximate surface area is 118 Å². The minimum atomic E-state index is -0.536. The van der Waals surface area contributed by atoms with Gasteiger partial charge in [-0.3, -0.25) is 9.78 Å². The van der Waals surface area contributed by atoms with Gasteiger partial charge in [0.05, 0.1) is 0 Å². The molecule has 0 bridgehead atoms. The fourth-order valence-electron chi connectivity index (χ4n) is 2.06. The summed E-state index contributed by atoms with van der Waals surface area (Å²) in [7, 11) is 0. The van der Waals surface area contributed by atoms with E-state index in [0.29, 0.717) is 5.76 Å². The molecule has 106 valence electrons. The first-order chi connectivity index (χ1) is 10.1. The predicted molar refractivity (Wildman–Crippen MR) is 75.3 cm³/mol. The molecule has 1 amide bonds. The van der Waals surface area contributed by atoms with Crippen LogP contribution in [-0.4, -0.2) is 16.0 Å². The van der Waals surface area contributed by atoms with E-state index < -0.39 is 11.7 Å². The van der Waals surface area contributed by atoms with Crippen LogP contribution in [0.15, 0.2) is 35.0 Å². The fraction of sp³-hybridized carbons (Fsp3) is 0.0714. The molecule has 0 atom stereocenters. The summed E-state index contributed by atoms with van der Waals surface area (Å²) in [6.07, 6.45) is 1.35. The number of rotatable bonds is 2. The Balaban J connectivity index is 2.08. The van der Waals surface area contributed by atoms with E-state index in [1.807, 2.05) is 0 Å². The number of aryl methyl sites for hydroxylation is 1. The number of fused-ring (bicyclic) bond motifs is 1. The van der Waals surface area contributed by atoms with Gasteiger partial charge < -0.3 is 15.6 Å². The zero-order valence-electron chi connectivity index (χ0n) is 11.1. The number of nitrogen functional groups attached to an aromatic ring is 1. The van der Waals surface area contributed by atoms with Gasteiger partial charge in [-0.2, -0.15) is 0 Å². The van der Waals surface area contributed by atoms with Crippen molar-refractivity contribution in [2.75, 3.05) is 11.1 Å². The highest BCUT2D eigenvalue weighted by molar-refractivity contribution is 6.14. The molecule has 0 spiro atoms. The van der Waals surface area contributed by atoms with E-state index in [4.69, 9.17) is 10.3 Å². The first-order valence-electron chi connectivity index (χ1n) is 6.13. The molecule has 1 aromatic carbocycles. The molecule has 2 aromatic heterocycles. The van der Waals surface area contributed by atoms with E-state index in [-0.39, 0.29) is 28.0 Å². The Morgan fingerprint density at radius 3 is 2.90 bits per heavy atom. The van der Waals surface area contributed by atoms with E-state index in [9.17, 15) is 9.18 Å². The molecule has 0 unspecified atom stereocenters. The Morgan fingerprint density at radius 2 is 2.19 bits per heavy atom. The quantitative estimate of drug-likeness (QED) is 0.706. The molecule has 6 nitrogen and oxygen atoms in total. The standard InChI is InChI=1S/C14H11FN4O2/c1-7-6-11(19-21-7)18-14(20)13-12-8(4-5-17-13)9(15)2-3-10(12)16/h2-6H,16H2,1H3,(H,18,19,20). The van der Waals surface area contributed by atoms with Crippen LogP contribution in [-0.2, 0) is 0 Å². The third kappa shape index (κ3) is 2.29. The Kier molecular flexibility index (Phi) is 3.02. The number of nitrogens with zero attached hydrogens (tertiary/aromatic N) is 2. The average Bonchev–Trinajstić information content (AvgIpc) is 2.87. The number of halogens is 1. The van der Waals surface area contributed by atoms with Crippen LogP contribution in [0.4, 0.5) is 15.9 Å². The minimum absolute atomic E-state index is 0.0325. The SMILES string of the molecule is Cc1cc(NC(=O)c2nccc3c(F)ccc(N)c23)no1. The van der Waals surface area contributed by atoms with Gasteiger partial charge in [-0.15, -0.1) is 0 Å². The van der Waals surface area contributed by atoms with Gasteiger partial charge in [0.25, 0.3) is 5.91 Å². The van der Waals surface area contributed by atoms with Gasteiger partial charge in [0, 0.05) is 28.7 Å². The number of aromatic nitrogens is 2. The number of carbonyl (C=O) groups is 1.